The van der Waals surface area contributed by atoms with Gasteiger partial charge in [-0.1, -0.05) is 84.6 Å². The Hall–Kier alpha value is -8.78. The molecule has 1 unspecified atom stereocenters. The smallest absolute Gasteiger partial charge is 0.370 e. The van der Waals surface area contributed by atoms with Crippen molar-refractivity contribution in [2.24, 2.45) is 5.73 Å². The lowest BCUT2D eigenvalue weighted by atomic mass is 9.98. The van der Waals surface area contributed by atoms with Crippen molar-refractivity contribution < 1.29 is 65.5 Å². The van der Waals surface area contributed by atoms with Crippen LogP contribution in [0.15, 0.2) is 103 Å². The molecule has 10 amide bonds. The summed E-state index contributed by atoms with van der Waals surface area (Å²) < 4.78 is 55.0. The highest BCUT2D eigenvalue weighted by Gasteiger charge is 2.55. The predicted octanol–water partition coefficient (Wildman–Crippen LogP) is 6.00. The number of halogens is 2. The Balaban J connectivity index is 0.902. The van der Waals surface area contributed by atoms with Gasteiger partial charge < -0.3 is 55.7 Å². The minimum absolute atomic E-state index is 0.0814. The van der Waals surface area contributed by atoms with Gasteiger partial charge in [0.25, 0.3) is 11.8 Å². The highest BCUT2D eigenvalue weighted by atomic mass is 31.2. The molecule has 5 heterocycles. The molecule has 0 saturated carbocycles. The van der Waals surface area contributed by atoms with E-state index in [2.05, 4.69) is 43.4 Å². The van der Waals surface area contributed by atoms with Crippen LogP contribution in [-0.2, 0) is 54.6 Å². The van der Waals surface area contributed by atoms with Gasteiger partial charge >= 0.3 is 19.3 Å². The van der Waals surface area contributed by atoms with Gasteiger partial charge in [-0.15, -0.1) is 0 Å². The summed E-state index contributed by atoms with van der Waals surface area (Å²) in [6.07, 6.45) is 2.10. The molecular formula is C62H69F2N10O12P. The molecule has 25 heteroatoms. The van der Waals surface area contributed by atoms with Crippen molar-refractivity contribution in [2.75, 3.05) is 32.8 Å². The molecule has 8 N–H and O–H groups in total. The van der Waals surface area contributed by atoms with E-state index in [1.807, 2.05) is 60.7 Å². The van der Waals surface area contributed by atoms with Gasteiger partial charge in [0.2, 0.25) is 35.4 Å². The second-order valence-electron chi connectivity index (χ2n) is 21.7. The van der Waals surface area contributed by atoms with Gasteiger partial charge in [0.05, 0.1) is 25.8 Å². The lowest BCUT2D eigenvalue weighted by molar-refractivity contribution is -0.143. The second kappa shape index (κ2) is 27.7. The summed E-state index contributed by atoms with van der Waals surface area (Å²) in [5, 5.41) is 13.9. The van der Waals surface area contributed by atoms with Crippen molar-refractivity contribution >= 4 is 71.8 Å². The first-order chi connectivity index (χ1) is 41.8. The molecule has 87 heavy (non-hydrogen) atoms. The largest absolute Gasteiger partial charge is 0.404 e. The molecule has 0 radical (unpaired) electrons. The first-order valence-electron chi connectivity index (χ1n) is 29.1. The molecule has 3 fully saturated rings. The molecule has 4 aromatic carbocycles. The standard InChI is InChI=1S/C62H69F2N10O12P/c1-3-85-87(84,86-4-2)62(63,64)42-23-25-46-41(34-42)35-48(67-46)56(78)69-49-37-72(61(83)66-32-14-6-5-9-16-38-21-15-22-44-45(38)36-73(59(44)81)50-28-30-53(76)70-57(50)79)33-31-43-24-27-51(74(43)60(49)82)58(80)68-47(26-29-52(65)75)55(77)71-54(39-17-10-7-11-18-39)40-19-12-8-13-20-40/h7-8,10-13,15,17-23,25,34-35,43,47,49-51,54,67H,3-6,14,24,26-33,36-37H2,1-2H3,(H2,65,75)(H,66,83)(H,68,80)(H,69,78)(H,71,77)(H,70,76,79)/t43-,47+,49+,50?,51+/m1/s1. The number of hydrogen-bond donors (Lipinski definition) is 7. The summed E-state index contributed by atoms with van der Waals surface area (Å²) >= 11 is 0. The molecule has 5 aromatic rings. The van der Waals surface area contributed by atoms with E-state index >= 15 is 13.6 Å². The minimum Gasteiger partial charge on any atom is -0.370 e. The number of nitrogens with one attached hydrogen (secondary N) is 6. The number of unbranched alkanes of at least 4 members (excludes halogenated alkanes) is 2. The Bertz CT molecular complexity index is 3510. The van der Waals surface area contributed by atoms with Gasteiger partial charge in [0, 0.05) is 72.5 Å². The Morgan fingerprint density at radius 3 is 2.24 bits per heavy atom. The Kier molecular flexibility index (Phi) is 20.0. The van der Waals surface area contributed by atoms with E-state index in [1.165, 1.54) is 40.7 Å². The lowest BCUT2D eigenvalue weighted by Gasteiger charge is -2.39. The van der Waals surface area contributed by atoms with Crippen LogP contribution in [0.1, 0.15) is 133 Å². The van der Waals surface area contributed by atoms with E-state index in [1.54, 1.807) is 18.2 Å². The van der Waals surface area contributed by atoms with Crippen LogP contribution >= 0.6 is 7.60 Å². The van der Waals surface area contributed by atoms with E-state index in [9.17, 15) is 42.9 Å². The number of nitrogens with two attached hydrogens (primary N) is 1. The number of rotatable bonds is 22. The monoisotopic (exact) mass is 1210 g/mol. The molecule has 458 valence electrons. The molecule has 4 aliphatic heterocycles. The number of carbonyl (C=O) groups is 9. The van der Waals surface area contributed by atoms with E-state index < -0.39 is 96.5 Å². The number of nitrogens with zero attached hydrogens (tertiary/aromatic N) is 3. The number of primary amides is 1. The fourth-order valence-electron chi connectivity index (χ4n) is 11.5. The van der Waals surface area contributed by atoms with Gasteiger partial charge in [-0.2, -0.15) is 8.78 Å². The van der Waals surface area contributed by atoms with Crippen molar-refractivity contribution in [3.05, 3.63) is 142 Å². The summed E-state index contributed by atoms with van der Waals surface area (Å²) in [7, 11) is -5.00. The van der Waals surface area contributed by atoms with Crippen LogP contribution in [0, 0.1) is 11.8 Å². The lowest BCUT2D eigenvalue weighted by Crippen LogP contribution is -2.62. The van der Waals surface area contributed by atoms with Gasteiger partial charge in [0.1, 0.15) is 29.9 Å². The van der Waals surface area contributed by atoms with Crippen LogP contribution < -0.4 is 32.3 Å². The SMILES string of the molecule is CCOP(=O)(OCC)C(F)(F)c1ccc2[nH]c(C(=O)N[C@H]3CN(C(=O)NCCCCC#Cc4cccc5c4CN(C4CCC(=O)NC4=O)C5=O)CC[C@H]4CC[C@@H](C(=O)N[C@@H](CCC(N)=O)C(=O)NC(c5ccccc5)c5ccccc5)N4C3=O)cc2c1. The normalized spacial score (nSPS) is 19.1. The first kappa shape index (κ1) is 62.7. The number of fused-ring (bicyclic) bond motifs is 3. The predicted molar refractivity (Wildman–Crippen MR) is 314 cm³/mol. The van der Waals surface area contributed by atoms with Crippen LogP contribution in [0.3, 0.4) is 0 Å². The number of amides is 10. The second-order valence-corrected chi connectivity index (χ2v) is 23.7. The summed E-state index contributed by atoms with van der Waals surface area (Å²) in [4.78, 5) is 129. The quantitative estimate of drug-likeness (QED) is 0.0182. The van der Waals surface area contributed by atoms with Crippen LogP contribution in [0.25, 0.3) is 10.9 Å². The highest BCUT2D eigenvalue weighted by Crippen LogP contribution is 2.67. The number of carbonyl (C=O) groups excluding carboxylic acids is 9. The Morgan fingerprint density at radius 1 is 0.851 bits per heavy atom. The first-order valence-corrected chi connectivity index (χ1v) is 30.6. The number of hydrogen-bond acceptors (Lipinski definition) is 12. The third-order valence-electron chi connectivity index (χ3n) is 15.9. The van der Waals surface area contributed by atoms with Crippen LogP contribution in [0.4, 0.5) is 13.6 Å². The molecule has 0 aliphatic carbocycles. The number of benzene rings is 4. The number of urea groups is 1. The van der Waals surface area contributed by atoms with E-state index in [0.29, 0.717) is 42.4 Å². The molecule has 22 nitrogen and oxygen atoms in total. The fourth-order valence-corrected chi connectivity index (χ4v) is 13.1. The van der Waals surface area contributed by atoms with Crippen molar-refractivity contribution in [3.8, 4) is 11.8 Å². The van der Waals surface area contributed by atoms with E-state index in [0.717, 1.165) is 23.3 Å². The van der Waals surface area contributed by atoms with Gasteiger partial charge in [0.15, 0.2) is 0 Å². The molecule has 4 aliphatic rings. The zero-order valence-corrected chi connectivity index (χ0v) is 49.0. The topological polar surface area (TPSA) is 301 Å². The maximum Gasteiger partial charge on any atom is 0.404 e. The number of imide groups is 1. The third-order valence-corrected chi connectivity index (χ3v) is 18.1. The summed E-state index contributed by atoms with van der Waals surface area (Å²) in [5.41, 5.74) is 4.14. The number of aromatic amines is 1. The maximum absolute atomic E-state index is 15.9. The minimum atomic E-state index is -5.00. The average Bonchev–Trinajstić information content (AvgIpc) is 1.91. The molecule has 0 spiro atoms. The summed E-state index contributed by atoms with van der Waals surface area (Å²) in [6.45, 7) is 2.27. The summed E-state index contributed by atoms with van der Waals surface area (Å²) in [6, 6.07) is 21.7. The zero-order valence-electron chi connectivity index (χ0n) is 48.1. The van der Waals surface area contributed by atoms with Gasteiger partial charge in [-0.25, -0.2) is 4.79 Å². The number of H-pyrrole nitrogens is 1. The molecule has 0 bridgehead atoms. The van der Waals surface area contributed by atoms with E-state index in [-0.39, 0.29) is 106 Å². The molecule has 3 saturated heterocycles. The van der Waals surface area contributed by atoms with Crippen molar-refractivity contribution in [1.82, 2.24) is 46.3 Å². The highest BCUT2D eigenvalue weighted by molar-refractivity contribution is 7.54. The van der Waals surface area contributed by atoms with Crippen LogP contribution in [0.5, 0.6) is 0 Å². The summed E-state index contributed by atoms with van der Waals surface area (Å²) in [5.74, 6) is 1.50. The Labute approximate surface area is 500 Å². The van der Waals surface area contributed by atoms with Crippen molar-refractivity contribution in [2.45, 2.75) is 127 Å². The van der Waals surface area contributed by atoms with Crippen LogP contribution in [-0.4, -0.2) is 136 Å². The number of piperidine rings is 1. The van der Waals surface area contributed by atoms with E-state index in [4.69, 9.17) is 14.8 Å². The molecule has 1 aromatic heterocycles. The number of aromatic nitrogens is 1. The fraction of sp³-hybridized carbons (Fsp3) is 0.403. The van der Waals surface area contributed by atoms with Crippen molar-refractivity contribution in [3.63, 3.8) is 0 Å². The molecular weight excluding hydrogens is 1150 g/mol. The molecule has 9 rings (SSSR count). The van der Waals surface area contributed by atoms with Gasteiger partial charge in [-0.3, -0.25) is 48.2 Å². The number of alkyl halides is 2. The Morgan fingerprint density at radius 2 is 1.56 bits per heavy atom. The zero-order chi connectivity index (χ0) is 62.0. The van der Waals surface area contributed by atoms with Crippen LogP contribution in [0.2, 0.25) is 0 Å². The maximum atomic E-state index is 15.9. The molecule has 5 atom stereocenters. The van der Waals surface area contributed by atoms with Crippen molar-refractivity contribution in [1.29, 1.82) is 0 Å². The van der Waals surface area contributed by atoms with Gasteiger partial charge in [-0.05, 0) is 106 Å². The third kappa shape index (κ3) is 14.2. The average molecular weight is 1220 g/mol.